The number of nitrogens with two attached hydrogens (primary N) is 1. The van der Waals surface area contributed by atoms with Crippen LogP contribution in [-0.4, -0.2) is 4.98 Å². The summed E-state index contributed by atoms with van der Waals surface area (Å²) < 4.78 is 1.22. The molecule has 3 rings (SSSR count). The van der Waals surface area contributed by atoms with E-state index < -0.39 is 0 Å². The van der Waals surface area contributed by atoms with Gasteiger partial charge in [-0.1, -0.05) is 12.1 Å². The van der Waals surface area contributed by atoms with Gasteiger partial charge < -0.3 is 5.73 Å². The Labute approximate surface area is 104 Å². The minimum atomic E-state index is 0.798. The van der Waals surface area contributed by atoms with E-state index in [0.717, 1.165) is 16.2 Å². The first-order valence-corrected chi connectivity index (χ1v) is 6.28. The van der Waals surface area contributed by atoms with Crippen LogP contribution < -0.4 is 5.73 Å². The number of nitrogens with zero attached hydrogens (tertiary/aromatic N) is 1. The minimum Gasteiger partial charge on any atom is -0.399 e. The standard InChI is InChI=1S/C14H12N2S/c1-9-8-10(15)6-7-11(9)14-16-12-4-2-3-5-13(12)17-14/h2-8H,15H2,1H3. The van der Waals surface area contributed by atoms with Gasteiger partial charge in [-0.2, -0.15) is 0 Å². The van der Waals surface area contributed by atoms with Crippen molar-refractivity contribution in [3.05, 3.63) is 48.0 Å². The third-order valence-electron chi connectivity index (χ3n) is 2.77. The Morgan fingerprint density at radius 2 is 1.94 bits per heavy atom. The smallest absolute Gasteiger partial charge is 0.124 e. The van der Waals surface area contributed by atoms with E-state index in [9.17, 15) is 0 Å². The fraction of sp³-hybridized carbons (Fsp3) is 0.0714. The van der Waals surface area contributed by atoms with Crippen LogP contribution in [0.5, 0.6) is 0 Å². The van der Waals surface area contributed by atoms with Gasteiger partial charge in [0, 0.05) is 11.3 Å². The van der Waals surface area contributed by atoms with Crippen LogP contribution in [0.1, 0.15) is 5.56 Å². The highest BCUT2D eigenvalue weighted by atomic mass is 32.1. The number of anilines is 1. The number of thiazole rings is 1. The first-order valence-electron chi connectivity index (χ1n) is 5.46. The first kappa shape index (κ1) is 10.3. The Balaban J connectivity index is 2.20. The van der Waals surface area contributed by atoms with Crippen LogP contribution in [0.3, 0.4) is 0 Å². The van der Waals surface area contributed by atoms with Crippen molar-refractivity contribution in [3.8, 4) is 10.6 Å². The normalized spacial score (nSPS) is 10.9. The van der Waals surface area contributed by atoms with Crippen molar-refractivity contribution in [2.45, 2.75) is 6.92 Å². The first-order chi connectivity index (χ1) is 8.24. The van der Waals surface area contributed by atoms with Crippen LogP contribution in [0.15, 0.2) is 42.5 Å². The summed E-state index contributed by atoms with van der Waals surface area (Å²) in [4.78, 5) is 4.65. The van der Waals surface area contributed by atoms with Gasteiger partial charge in [-0.3, -0.25) is 0 Å². The van der Waals surface area contributed by atoms with Gasteiger partial charge in [0.05, 0.1) is 10.2 Å². The number of nitrogen functional groups attached to an aromatic ring is 1. The molecule has 0 bridgehead atoms. The molecule has 0 atom stereocenters. The topological polar surface area (TPSA) is 38.9 Å². The number of aryl methyl sites for hydroxylation is 1. The fourth-order valence-corrected chi connectivity index (χ4v) is 2.97. The lowest BCUT2D eigenvalue weighted by molar-refractivity contribution is 1.41. The number of hydrogen-bond donors (Lipinski definition) is 1. The van der Waals surface area contributed by atoms with Gasteiger partial charge in [-0.15, -0.1) is 11.3 Å². The molecule has 3 aromatic rings. The average molecular weight is 240 g/mol. The molecule has 0 saturated carbocycles. The number of benzene rings is 2. The molecule has 2 aromatic carbocycles. The zero-order valence-corrected chi connectivity index (χ0v) is 10.3. The summed E-state index contributed by atoms with van der Waals surface area (Å²) in [5, 5.41) is 1.06. The molecule has 2 N–H and O–H groups in total. The quantitative estimate of drug-likeness (QED) is 0.656. The lowest BCUT2D eigenvalue weighted by atomic mass is 10.1. The molecule has 3 heteroatoms. The van der Waals surface area contributed by atoms with Gasteiger partial charge >= 0.3 is 0 Å². The second-order valence-corrected chi connectivity index (χ2v) is 5.09. The SMILES string of the molecule is Cc1cc(N)ccc1-c1nc2ccccc2s1. The van der Waals surface area contributed by atoms with Crippen molar-refractivity contribution in [1.82, 2.24) is 4.98 Å². The van der Waals surface area contributed by atoms with Crippen LogP contribution in [0, 0.1) is 6.92 Å². The Hall–Kier alpha value is -1.87. The van der Waals surface area contributed by atoms with Crippen LogP contribution in [0.2, 0.25) is 0 Å². The highest BCUT2D eigenvalue weighted by molar-refractivity contribution is 7.21. The second-order valence-electron chi connectivity index (χ2n) is 4.06. The Morgan fingerprint density at radius 3 is 2.71 bits per heavy atom. The molecule has 0 spiro atoms. The summed E-state index contributed by atoms with van der Waals surface area (Å²) in [6, 6.07) is 14.2. The molecule has 1 heterocycles. The van der Waals surface area contributed by atoms with Gasteiger partial charge in [-0.25, -0.2) is 4.98 Å². The molecule has 0 fully saturated rings. The van der Waals surface area contributed by atoms with Crippen molar-refractivity contribution < 1.29 is 0 Å². The third kappa shape index (κ3) is 1.78. The Bertz CT molecular complexity index is 653. The predicted molar refractivity (Wildman–Crippen MR) is 74.2 cm³/mol. The molecule has 0 aliphatic heterocycles. The highest BCUT2D eigenvalue weighted by Crippen LogP contribution is 2.32. The van der Waals surface area contributed by atoms with Gasteiger partial charge in [0.1, 0.15) is 5.01 Å². The Kier molecular flexibility index (Phi) is 2.34. The van der Waals surface area contributed by atoms with Gasteiger partial charge in [0.25, 0.3) is 0 Å². The molecule has 0 unspecified atom stereocenters. The zero-order chi connectivity index (χ0) is 11.8. The van der Waals surface area contributed by atoms with E-state index in [0.29, 0.717) is 0 Å². The Morgan fingerprint density at radius 1 is 1.12 bits per heavy atom. The van der Waals surface area contributed by atoms with E-state index in [1.165, 1.54) is 15.8 Å². The summed E-state index contributed by atoms with van der Waals surface area (Å²) in [6.07, 6.45) is 0. The molecular weight excluding hydrogens is 228 g/mol. The average Bonchev–Trinajstić information content (AvgIpc) is 2.72. The van der Waals surface area contributed by atoms with Crippen molar-refractivity contribution in [1.29, 1.82) is 0 Å². The van der Waals surface area contributed by atoms with Crippen molar-refractivity contribution in [2.75, 3.05) is 5.73 Å². The summed E-state index contributed by atoms with van der Waals surface area (Å²) >= 11 is 1.72. The molecule has 17 heavy (non-hydrogen) atoms. The van der Waals surface area contributed by atoms with Gasteiger partial charge in [0.15, 0.2) is 0 Å². The maximum absolute atomic E-state index is 5.76. The van der Waals surface area contributed by atoms with E-state index in [2.05, 4.69) is 18.0 Å². The van der Waals surface area contributed by atoms with Crippen LogP contribution >= 0.6 is 11.3 Å². The third-order valence-corrected chi connectivity index (χ3v) is 3.84. The van der Waals surface area contributed by atoms with E-state index >= 15 is 0 Å². The molecule has 84 valence electrons. The lowest BCUT2D eigenvalue weighted by Gasteiger charge is -2.02. The molecule has 0 aliphatic rings. The summed E-state index contributed by atoms with van der Waals surface area (Å²) in [7, 11) is 0. The van der Waals surface area contributed by atoms with Crippen molar-refractivity contribution in [2.24, 2.45) is 0 Å². The van der Waals surface area contributed by atoms with E-state index in [-0.39, 0.29) is 0 Å². The molecule has 0 aliphatic carbocycles. The van der Waals surface area contributed by atoms with Gasteiger partial charge in [-0.05, 0) is 42.8 Å². The molecular formula is C14H12N2S. The van der Waals surface area contributed by atoms with Crippen molar-refractivity contribution >= 4 is 27.2 Å². The van der Waals surface area contributed by atoms with Crippen LogP contribution in [-0.2, 0) is 0 Å². The molecule has 1 aromatic heterocycles. The molecule has 0 amide bonds. The summed E-state index contributed by atoms with van der Waals surface area (Å²) in [6.45, 7) is 2.07. The number of hydrogen-bond acceptors (Lipinski definition) is 3. The highest BCUT2D eigenvalue weighted by Gasteiger charge is 2.08. The maximum Gasteiger partial charge on any atom is 0.124 e. The van der Waals surface area contributed by atoms with Crippen LogP contribution in [0.25, 0.3) is 20.8 Å². The summed E-state index contributed by atoms with van der Waals surface area (Å²) in [5.74, 6) is 0. The zero-order valence-electron chi connectivity index (χ0n) is 9.47. The largest absolute Gasteiger partial charge is 0.399 e. The van der Waals surface area contributed by atoms with Crippen LogP contribution in [0.4, 0.5) is 5.69 Å². The van der Waals surface area contributed by atoms with E-state index in [1.54, 1.807) is 11.3 Å². The summed E-state index contributed by atoms with van der Waals surface area (Å²) in [5.41, 5.74) is 9.96. The molecule has 0 radical (unpaired) electrons. The number of rotatable bonds is 1. The van der Waals surface area contributed by atoms with E-state index in [4.69, 9.17) is 5.73 Å². The monoisotopic (exact) mass is 240 g/mol. The molecule has 0 saturated heterocycles. The van der Waals surface area contributed by atoms with E-state index in [1.807, 2.05) is 36.4 Å². The van der Waals surface area contributed by atoms with Crippen molar-refractivity contribution in [3.63, 3.8) is 0 Å². The minimum absolute atomic E-state index is 0.798. The fourth-order valence-electron chi connectivity index (χ4n) is 1.91. The second kappa shape index (κ2) is 3.86. The number of para-hydroxylation sites is 1. The lowest BCUT2D eigenvalue weighted by Crippen LogP contribution is -1.87. The number of fused-ring (bicyclic) bond motifs is 1. The predicted octanol–water partition coefficient (Wildman–Crippen LogP) is 3.85. The maximum atomic E-state index is 5.76. The number of aromatic nitrogens is 1. The molecule has 2 nitrogen and oxygen atoms in total. The van der Waals surface area contributed by atoms with Gasteiger partial charge in [0.2, 0.25) is 0 Å².